The molecule has 6 heteroatoms. The van der Waals surface area contributed by atoms with Crippen molar-refractivity contribution in [1.82, 2.24) is 9.58 Å². The van der Waals surface area contributed by atoms with Crippen molar-refractivity contribution in [1.29, 1.82) is 0 Å². The van der Waals surface area contributed by atoms with Crippen molar-refractivity contribution in [3.8, 4) is 0 Å². The van der Waals surface area contributed by atoms with Crippen LogP contribution in [0.5, 0.6) is 0 Å². The van der Waals surface area contributed by atoms with Gasteiger partial charge in [-0.05, 0) is 19.1 Å². The molecule has 1 amide bonds. The molecular weight excluding hydrogens is 318 g/mol. The van der Waals surface area contributed by atoms with Crippen LogP contribution in [0.1, 0.15) is 38.2 Å². The van der Waals surface area contributed by atoms with E-state index in [1.165, 1.54) is 5.01 Å². The largest absolute Gasteiger partial charge is 0.465 e. The fourth-order valence-corrected chi connectivity index (χ4v) is 2.89. The number of hydrogen-bond acceptors (Lipinski definition) is 4. The predicted octanol–water partition coefficient (Wildman–Crippen LogP) is 3.06. The minimum atomic E-state index is -0.461. The lowest BCUT2D eigenvalue weighted by Gasteiger charge is -2.23. The summed E-state index contributed by atoms with van der Waals surface area (Å²) in [5.74, 6) is -0.749. The number of esters is 1. The van der Waals surface area contributed by atoms with Crippen molar-refractivity contribution in [2.75, 3.05) is 13.2 Å². The molecule has 3 rings (SSSR count). The SMILES string of the molecule is CCOC(=O)CN1N=C(C(C)(C)C)Cn2c(cc3ccccc32)C1=O. The summed E-state index contributed by atoms with van der Waals surface area (Å²) in [6, 6.07) is 9.73. The third kappa shape index (κ3) is 3.29. The summed E-state index contributed by atoms with van der Waals surface area (Å²) >= 11 is 0. The molecule has 1 aliphatic rings. The lowest BCUT2D eigenvalue weighted by atomic mass is 9.90. The average Bonchev–Trinajstić information content (AvgIpc) is 2.84. The number of benzene rings is 1. The first-order valence-electron chi connectivity index (χ1n) is 8.45. The van der Waals surface area contributed by atoms with E-state index in [0.29, 0.717) is 12.2 Å². The summed E-state index contributed by atoms with van der Waals surface area (Å²) in [4.78, 5) is 24.9. The molecule has 0 atom stereocenters. The number of fused-ring (bicyclic) bond motifs is 3. The van der Waals surface area contributed by atoms with Crippen LogP contribution in [0.3, 0.4) is 0 Å². The quantitative estimate of drug-likeness (QED) is 0.806. The van der Waals surface area contributed by atoms with Crippen LogP contribution in [0.4, 0.5) is 0 Å². The Morgan fingerprint density at radius 3 is 2.68 bits per heavy atom. The molecule has 0 saturated heterocycles. The molecule has 25 heavy (non-hydrogen) atoms. The zero-order valence-electron chi connectivity index (χ0n) is 15.1. The Labute approximate surface area is 147 Å². The molecule has 1 aromatic carbocycles. The summed E-state index contributed by atoms with van der Waals surface area (Å²) in [5, 5.41) is 6.75. The van der Waals surface area contributed by atoms with E-state index in [4.69, 9.17) is 4.74 Å². The molecule has 0 spiro atoms. The van der Waals surface area contributed by atoms with Crippen LogP contribution < -0.4 is 0 Å². The lowest BCUT2D eigenvalue weighted by Crippen LogP contribution is -2.34. The van der Waals surface area contributed by atoms with Crippen molar-refractivity contribution in [3.05, 3.63) is 36.0 Å². The third-order valence-electron chi connectivity index (χ3n) is 4.26. The maximum Gasteiger partial charge on any atom is 0.327 e. The van der Waals surface area contributed by atoms with Gasteiger partial charge in [-0.25, -0.2) is 5.01 Å². The summed E-state index contributed by atoms with van der Waals surface area (Å²) < 4.78 is 6.97. The van der Waals surface area contributed by atoms with Crippen LogP contribution in [0.15, 0.2) is 35.4 Å². The molecule has 2 aromatic rings. The number of rotatable bonds is 3. The van der Waals surface area contributed by atoms with Crippen LogP contribution in [0, 0.1) is 5.41 Å². The monoisotopic (exact) mass is 341 g/mol. The number of nitrogens with zero attached hydrogens (tertiary/aromatic N) is 3. The second-order valence-electron chi connectivity index (χ2n) is 7.14. The number of para-hydroxylation sites is 1. The number of hydrogen-bond donors (Lipinski definition) is 0. The molecule has 6 nitrogen and oxygen atoms in total. The minimum Gasteiger partial charge on any atom is -0.465 e. The summed E-state index contributed by atoms with van der Waals surface area (Å²) in [7, 11) is 0. The number of carbonyl (C=O) groups is 2. The molecule has 0 saturated carbocycles. The first-order valence-corrected chi connectivity index (χ1v) is 8.45. The predicted molar refractivity (Wildman–Crippen MR) is 96.5 cm³/mol. The minimum absolute atomic E-state index is 0.187. The van der Waals surface area contributed by atoms with Gasteiger partial charge >= 0.3 is 5.97 Å². The maximum absolute atomic E-state index is 13.0. The van der Waals surface area contributed by atoms with Gasteiger partial charge < -0.3 is 9.30 Å². The van der Waals surface area contributed by atoms with Crippen LogP contribution >= 0.6 is 0 Å². The molecule has 0 N–H and O–H groups in total. The van der Waals surface area contributed by atoms with Crippen LogP contribution in [-0.4, -0.2) is 40.3 Å². The Balaban J connectivity index is 2.11. The number of hydrazone groups is 1. The Bertz CT molecular complexity index is 858. The van der Waals surface area contributed by atoms with E-state index in [1.807, 2.05) is 34.9 Å². The highest BCUT2D eigenvalue weighted by atomic mass is 16.5. The van der Waals surface area contributed by atoms with E-state index in [0.717, 1.165) is 16.6 Å². The van der Waals surface area contributed by atoms with E-state index < -0.39 is 5.97 Å². The van der Waals surface area contributed by atoms with Gasteiger partial charge in [-0.2, -0.15) is 5.10 Å². The Morgan fingerprint density at radius 1 is 1.28 bits per heavy atom. The summed E-state index contributed by atoms with van der Waals surface area (Å²) in [5.41, 5.74) is 2.12. The Kier molecular flexibility index (Phi) is 4.37. The van der Waals surface area contributed by atoms with Crippen LogP contribution in [0.25, 0.3) is 10.9 Å². The van der Waals surface area contributed by atoms with Gasteiger partial charge in [-0.1, -0.05) is 39.0 Å². The highest BCUT2D eigenvalue weighted by molar-refractivity contribution is 6.03. The van der Waals surface area contributed by atoms with E-state index in [-0.39, 0.29) is 24.5 Å². The summed E-state index contributed by atoms with van der Waals surface area (Å²) in [6.45, 7) is 8.49. The Morgan fingerprint density at radius 2 is 2.00 bits per heavy atom. The van der Waals surface area contributed by atoms with Gasteiger partial charge in [0.15, 0.2) is 0 Å². The van der Waals surface area contributed by atoms with Gasteiger partial charge in [-0.3, -0.25) is 9.59 Å². The van der Waals surface area contributed by atoms with Crippen molar-refractivity contribution < 1.29 is 14.3 Å². The number of carbonyl (C=O) groups excluding carboxylic acids is 2. The van der Waals surface area contributed by atoms with E-state index >= 15 is 0 Å². The van der Waals surface area contributed by atoms with Gasteiger partial charge in [0.2, 0.25) is 0 Å². The van der Waals surface area contributed by atoms with E-state index in [2.05, 4.69) is 25.9 Å². The molecule has 1 aromatic heterocycles. The number of ether oxygens (including phenoxy) is 1. The smallest absolute Gasteiger partial charge is 0.327 e. The van der Waals surface area contributed by atoms with Crippen LogP contribution in [-0.2, 0) is 16.1 Å². The average molecular weight is 341 g/mol. The molecule has 1 aliphatic heterocycles. The Hall–Kier alpha value is -2.63. The van der Waals surface area contributed by atoms with E-state index in [9.17, 15) is 9.59 Å². The lowest BCUT2D eigenvalue weighted by molar-refractivity contribution is -0.143. The van der Waals surface area contributed by atoms with Crippen molar-refractivity contribution in [2.45, 2.75) is 34.2 Å². The third-order valence-corrected chi connectivity index (χ3v) is 4.26. The van der Waals surface area contributed by atoms with Gasteiger partial charge in [0.1, 0.15) is 12.2 Å². The van der Waals surface area contributed by atoms with Crippen LogP contribution in [0.2, 0.25) is 0 Å². The first kappa shape index (κ1) is 17.2. The molecule has 2 heterocycles. The van der Waals surface area contributed by atoms with Gasteiger partial charge in [-0.15, -0.1) is 0 Å². The molecule has 132 valence electrons. The van der Waals surface area contributed by atoms with Crippen molar-refractivity contribution >= 4 is 28.5 Å². The van der Waals surface area contributed by atoms with Crippen molar-refractivity contribution in [2.24, 2.45) is 10.5 Å². The number of aromatic nitrogens is 1. The van der Waals surface area contributed by atoms with E-state index in [1.54, 1.807) is 6.92 Å². The van der Waals surface area contributed by atoms with Gasteiger partial charge in [0.05, 0.1) is 18.9 Å². The zero-order valence-corrected chi connectivity index (χ0v) is 15.1. The molecule has 0 unspecified atom stereocenters. The summed E-state index contributed by atoms with van der Waals surface area (Å²) in [6.07, 6.45) is 0. The highest BCUT2D eigenvalue weighted by Crippen LogP contribution is 2.27. The van der Waals surface area contributed by atoms with Gasteiger partial charge in [0, 0.05) is 16.3 Å². The topological polar surface area (TPSA) is 63.9 Å². The fraction of sp³-hybridized carbons (Fsp3) is 0.421. The molecule has 0 aliphatic carbocycles. The second-order valence-corrected chi connectivity index (χ2v) is 7.14. The number of amides is 1. The fourth-order valence-electron chi connectivity index (χ4n) is 2.89. The zero-order chi connectivity index (χ0) is 18.2. The molecular formula is C19H23N3O3. The standard InChI is InChI=1S/C19H23N3O3/c1-5-25-17(23)12-22-18(24)15-10-13-8-6-7-9-14(13)21(15)11-16(20-22)19(2,3)4/h6-10H,5,11-12H2,1-4H3. The first-order chi connectivity index (χ1) is 11.8. The second kappa shape index (κ2) is 6.35. The maximum atomic E-state index is 13.0. The van der Waals surface area contributed by atoms with Crippen molar-refractivity contribution in [3.63, 3.8) is 0 Å². The normalized spacial score (nSPS) is 15.0. The molecule has 0 bridgehead atoms. The molecule has 0 fully saturated rings. The highest BCUT2D eigenvalue weighted by Gasteiger charge is 2.31. The molecule has 0 radical (unpaired) electrons. The van der Waals surface area contributed by atoms with Gasteiger partial charge in [0.25, 0.3) is 5.91 Å².